The fraction of sp³-hybridized carbons (Fsp3) is 0.636. The van der Waals surface area contributed by atoms with Crippen molar-refractivity contribution in [2.45, 2.75) is 43.9 Å². The van der Waals surface area contributed by atoms with E-state index in [-0.39, 0.29) is 6.10 Å². The molecule has 2 aliphatic heterocycles. The molecule has 2 fully saturated rings. The van der Waals surface area contributed by atoms with Crippen molar-refractivity contribution in [1.82, 2.24) is 9.97 Å². The van der Waals surface area contributed by atoms with Gasteiger partial charge in [-0.05, 0) is 25.7 Å². The number of piperidine rings is 1. The lowest BCUT2D eigenvalue weighted by Gasteiger charge is -2.38. The van der Waals surface area contributed by atoms with Crippen LogP contribution in [-0.2, 0) is 0 Å². The number of aromatic nitrogens is 2. The van der Waals surface area contributed by atoms with Gasteiger partial charge < -0.3 is 15.7 Å². The van der Waals surface area contributed by atoms with Gasteiger partial charge in [-0.2, -0.15) is 0 Å². The van der Waals surface area contributed by atoms with Crippen molar-refractivity contribution in [3.63, 3.8) is 0 Å². The normalized spacial score (nSPS) is 33.1. The summed E-state index contributed by atoms with van der Waals surface area (Å²) in [7, 11) is 0. The molecule has 2 saturated heterocycles. The second kappa shape index (κ2) is 3.59. The Morgan fingerprint density at radius 2 is 1.94 bits per heavy atom. The summed E-state index contributed by atoms with van der Waals surface area (Å²) in [6.45, 7) is 0. The quantitative estimate of drug-likeness (QED) is 0.723. The summed E-state index contributed by atoms with van der Waals surface area (Å²) < 4.78 is 0. The van der Waals surface area contributed by atoms with E-state index in [4.69, 9.17) is 5.73 Å². The molecule has 0 aliphatic carbocycles. The summed E-state index contributed by atoms with van der Waals surface area (Å²) in [6.07, 6.45) is 5.35. The van der Waals surface area contributed by atoms with Crippen LogP contribution in [0.15, 0.2) is 12.4 Å². The maximum atomic E-state index is 9.73. The van der Waals surface area contributed by atoms with Crippen LogP contribution in [0.3, 0.4) is 0 Å². The van der Waals surface area contributed by atoms with Crippen molar-refractivity contribution in [2.75, 3.05) is 10.6 Å². The molecule has 2 aliphatic rings. The Bertz CT molecular complexity index is 383. The van der Waals surface area contributed by atoms with Crippen LogP contribution in [0.5, 0.6) is 0 Å². The highest BCUT2D eigenvalue weighted by Gasteiger charge is 2.40. The fourth-order valence-electron chi connectivity index (χ4n) is 3.03. The molecule has 1 aromatic rings. The minimum atomic E-state index is -0.145. The number of aliphatic hydroxyl groups is 1. The lowest BCUT2D eigenvalue weighted by molar-refractivity contribution is 0.126. The Labute approximate surface area is 94.3 Å². The Kier molecular flexibility index (Phi) is 2.21. The number of nitrogen functional groups attached to an aromatic ring is 1. The van der Waals surface area contributed by atoms with Crippen LogP contribution >= 0.6 is 0 Å². The summed E-state index contributed by atoms with van der Waals surface area (Å²) in [5.74, 6) is 1.42. The number of nitrogens with two attached hydrogens (primary N) is 1. The molecule has 0 amide bonds. The molecule has 2 unspecified atom stereocenters. The van der Waals surface area contributed by atoms with E-state index in [1.807, 2.05) is 6.07 Å². The van der Waals surface area contributed by atoms with Gasteiger partial charge in [-0.3, -0.25) is 0 Å². The average Bonchev–Trinajstić information content (AvgIpc) is 2.51. The van der Waals surface area contributed by atoms with Crippen LogP contribution in [0.2, 0.25) is 0 Å². The molecule has 0 aromatic carbocycles. The van der Waals surface area contributed by atoms with E-state index in [2.05, 4.69) is 14.9 Å². The predicted octanol–water partition coefficient (Wildman–Crippen LogP) is 0.551. The first kappa shape index (κ1) is 9.84. The summed E-state index contributed by atoms with van der Waals surface area (Å²) in [6, 6.07) is 2.66. The molecule has 3 rings (SSSR count). The third kappa shape index (κ3) is 1.51. The minimum absolute atomic E-state index is 0.145. The van der Waals surface area contributed by atoms with E-state index in [9.17, 15) is 5.11 Å². The predicted molar refractivity (Wildman–Crippen MR) is 61.0 cm³/mol. The second-order valence-corrected chi connectivity index (χ2v) is 4.72. The van der Waals surface area contributed by atoms with Crippen molar-refractivity contribution in [2.24, 2.45) is 0 Å². The van der Waals surface area contributed by atoms with Gasteiger partial charge in [0.25, 0.3) is 0 Å². The molecular formula is C11H16N4O. The second-order valence-electron chi connectivity index (χ2n) is 4.72. The van der Waals surface area contributed by atoms with Crippen LogP contribution in [0, 0.1) is 0 Å². The van der Waals surface area contributed by atoms with Crippen molar-refractivity contribution in [1.29, 1.82) is 0 Å². The number of nitrogens with zero attached hydrogens (tertiary/aromatic N) is 3. The van der Waals surface area contributed by atoms with E-state index >= 15 is 0 Å². The van der Waals surface area contributed by atoms with Gasteiger partial charge >= 0.3 is 0 Å². The first-order chi connectivity index (χ1) is 7.74. The molecule has 3 N–H and O–H groups in total. The highest BCUT2D eigenvalue weighted by molar-refractivity contribution is 5.49. The molecule has 1 aromatic heterocycles. The molecular weight excluding hydrogens is 204 g/mol. The monoisotopic (exact) mass is 220 g/mol. The smallest absolute Gasteiger partial charge is 0.134 e. The van der Waals surface area contributed by atoms with E-state index in [1.165, 1.54) is 6.33 Å². The summed E-state index contributed by atoms with van der Waals surface area (Å²) in [5, 5.41) is 9.73. The Morgan fingerprint density at radius 1 is 1.25 bits per heavy atom. The van der Waals surface area contributed by atoms with Gasteiger partial charge in [0.15, 0.2) is 0 Å². The van der Waals surface area contributed by atoms with Gasteiger partial charge in [0.1, 0.15) is 18.0 Å². The van der Waals surface area contributed by atoms with Crippen molar-refractivity contribution >= 4 is 11.6 Å². The van der Waals surface area contributed by atoms with Gasteiger partial charge in [-0.1, -0.05) is 0 Å². The van der Waals surface area contributed by atoms with E-state index in [1.54, 1.807) is 0 Å². The molecule has 2 bridgehead atoms. The zero-order valence-corrected chi connectivity index (χ0v) is 9.08. The number of fused-ring (bicyclic) bond motifs is 2. The van der Waals surface area contributed by atoms with Gasteiger partial charge in [-0.15, -0.1) is 0 Å². The molecule has 16 heavy (non-hydrogen) atoms. The van der Waals surface area contributed by atoms with Gasteiger partial charge in [0.2, 0.25) is 0 Å². The van der Waals surface area contributed by atoms with Crippen LogP contribution in [0.4, 0.5) is 11.6 Å². The van der Waals surface area contributed by atoms with Gasteiger partial charge in [0.05, 0.1) is 6.10 Å². The Morgan fingerprint density at radius 3 is 2.56 bits per heavy atom. The third-order valence-electron chi connectivity index (χ3n) is 3.65. The number of hydrogen-bond acceptors (Lipinski definition) is 5. The van der Waals surface area contributed by atoms with Crippen LogP contribution in [0.25, 0.3) is 0 Å². The molecule has 86 valence electrons. The highest BCUT2D eigenvalue weighted by atomic mass is 16.3. The molecule has 0 saturated carbocycles. The maximum absolute atomic E-state index is 9.73. The number of anilines is 2. The molecule has 0 radical (unpaired) electrons. The molecule has 0 spiro atoms. The van der Waals surface area contributed by atoms with Crippen molar-refractivity contribution in [3.05, 3.63) is 12.4 Å². The lowest BCUT2D eigenvalue weighted by atomic mass is 10.00. The minimum Gasteiger partial charge on any atom is -0.393 e. The van der Waals surface area contributed by atoms with Gasteiger partial charge in [-0.25, -0.2) is 9.97 Å². The molecule has 5 nitrogen and oxygen atoms in total. The lowest BCUT2D eigenvalue weighted by Crippen LogP contribution is -2.45. The largest absolute Gasteiger partial charge is 0.393 e. The molecule has 3 heterocycles. The average molecular weight is 220 g/mol. The maximum Gasteiger partial charge on any atom is 0.134 e. The first-order valence-electron chi connectivity index (χ1n) is 5.78. The zero-order valence-electron chi connectivity index (χ0n) is 9.08. The summed E-state index contributed by atoms with van der Waals surface area (Å²) >= 11 is 0. The van der Waals surface area contributed by atoms with Crippen molar-refractivity contribution < 1.29 is 5.11 Å². The number of rotatable bonds is 1. The summed E-state index contributed by atoms with van der Waals surface area (Å²) in [5.41, 5.74) is 5.68. The van der Waals surface area contributed by atoms with Crippen molar-refractivity contribution in [3.8, 4) is 0 Å². The van der Waals surface area contributed by atoms with E-state index in [0.29, 0.717) is 17.9 Å². The molecule has 2 atom stereocenters. The zero-order chi connectivity index (χ0) is 11.1. The number of hydrogen-bond donors (Lipinski definition) is 2. The SMILES string of the molecule is Nc1cc(N2C3CCC2CC(O)C3)ncn1. The van der Waals surface area contributed by atoms with E-state index < -0.39 is 0 Å². The third-order valence-corrected chi connectivity index (χ3v) is 3.65. The van der Waals surface area contributed by atoms with Gasteiger partial charge in [0, 0.05) is 18.2 Å². The van der Waals surface area contributed by atoms with Crippen LogP contribution in [-0.4, -0.2) is 33.3 Å². The van der Waals surface area contributed by atoms with Crippen LogP contribution in [0.1, 0.15) is 25.7 Å². The summed E-state index contributed by atoms with van der Waals surface area (Å²) in [4.78, 5) is 10.5. The molecule has 5 heteroatoms. The topological polar surface area (TPSA) is 75.3 Å². The van der Waals surface area contributed by atoms with E-state index in [0.717, 1.165) is 31.5 Å². The standard InChI is InChI=1S/C11H16N4O/c12-10-5-11(14-6-13-10)15-7-1-2-8(15)4-9(16)3-7/h5-9,16H,1-4H2,(H2,12,13,14). The number of aliphatic hydroxyl groups excluding tert-OH is 1. The highest BCUT2D eigenvalue weighted by Crippen LogP contribution is 2.38. The Hall–Kier alpha value is -1.36. The first-order valence-corrected chi connectivity index (χ1v) is 5.78. The fourth-order valence-corrected chi connectivity index (χ4v) is 3.03. The van der Waals surface area contributed by atoms with Crippen LogP contribution < -0.4 is 10.6 Å². The Balaban J connectivity index is 1.91.